The number of likely N-dealkylation sites (tertiary alicyclic amines) is 1. The van der Waals surface area contributed by atoms with Gasteiger partial charge >= 0.3 is 5.97 Å². The zero-order valence-electron chi connectivity index (χ0n) is 19.9. The number of H-pyrrole nitrogens is 1. The maximum absolute atomic E-state index is 14.8. The van der Waals surface area contributed by atoms with Crippen LogP contribution in [0.3, 0.4) is 0 Å². The van der Waals surface area contributed by atoms with Crippen LogP contribution in [0.4, 0.5) is 16.0 Å². The standard InChI is InChI=1S/C26H32FN5O2/c1-4-20-14-26(25(33)34,11-12-32(20)16-19-8-6-5-7-17(19)2)15-22-21(27)9-10-23(28-22)29-24-13-18(3)30-31-24/h5-10,13,20H,4,11-12,14-16H2,1-3H3,(H,33,34)(H2,28,29,30,31)/t20-,26-/m1/s1. The lowest BCUT2D eigenvalue weighted by Crippen LogP contribution is -2.50. The van der Waals surface area contributed by atoms with Gasteiger partial charge in [-0.25, -0.2) is 9.37 Å². The summed E-state index contributed by atoms with van der Waals surface area (Å²) < 4.78 is 14.8. The highest BCUT2D eigenvalue weighted by Gasteiger charge is 2.46. The molecule has 3 N–H and O–H groups in total. The van der Waals surface area contributed by atoms with Gasteiger partial charge in [0.1, 0.15) is 11.6 Å². The molecule has 1 saturated heterocycles. The summed E-state index contributed by atoms with van der Waals surface area (Å²) in [7, 11) is 0. The van der Waals surface area contributed by atoms with Crippen molar-refractivity contribution in [1.29, 1.82) is 0 Å². The van der Waals surface area contributed by atoms with Crippen molar-refractivity contribution in [2.45, 2.75) is 59.0 Å². The van der Waals surface area contributed by atoms with Gasteiger partial charge < -0.3 is 10.4 Å². The summed E-state index contributed by atoms with van der Waals surface area (Å²) in [5, 5.41) is 20.3. The SMILES string of the molecule is CC[C@@H]1C[C@](Cc2nc(Nc3cc(C)[nH]n3)ccc2F)(C(=O)O)CCN1Cc1ccccc1C. The smallest absolute Gasteiger partial charge is 0.310 e. The van der Waals surface area contributed by atoms with E-state index in [1.54, 1.807) is 0 Å². The highest BCUT2D eigenvalue weighted by molar-refractivity contribution is 5.75. The van der Waals surface area contributed by atoms with Gasteiger partial charge in [0, 0.05) is 30.8 Å². The number of anilines is 2. The number of carboxylic acid groups (broad SMARTS) is 1. The van der Waals surface area contributed by atoms with Gasteiger partial charge in [-0.05, 0) is 62.9 Å². The maximum atomic E-state index is 14.8. The maximum Gasteiger partial charge on any atom is 0.310 e. The van der Waals surface area contributed by atoms with Crippen LogP contribution in [0.1, 0.15) is 48.7 Å². The zero-order valence-corrected chi connectivity index (χ0v) is 19.9. The van der Waals surface area contributed by atoms with E-state index in [9.17, 15) is 14.3 Å². The van der Waals surface area contributed by atoms with Gasteiger partial charge in [-0.15, -0.1) is 0 Å². The van der Waals surface area contributed by atoms with E-state index in [4.69, 9.17) is 0 Å². The number of carbonyl (C=O) groups is 1. The molecule has 0 unspecified atom stereocenters. The average molecular weight is 466 g/mol. The summed E-state index contributed by atoms with van der Waals surface area (Å²) in [6, 6.07) is 13.1. The lowest BCUT2D eigenvalue weighted by Gasteiger charge is -2.44. The Kier molecular flexibility index (Phi) is 6.97. The predicted molar refractivity (Wildman–Crippen MR) is 129 cm³/mol. The first-order valence-electron chi connectivity index (χ1n) is 11.8. The molecule has 2 atom stereocenters. The highest BCUT2D eigenvalue weighted by Crippen LogP contribution is 2.40. The number of aryl methyl sites for hydroxylation is 2. The van der Waals surface area contributed by atoms with Crippen molar-refractivity contribution >= 4 is 17.6 Å². The quantitative estimate of drug-likeness (QED) is 0.434. The molecular formula is C26H32FN5O2. The van der Waals surface area contributed by atoms with Crippen LogP contribution in [0, 0.1) is 25.1 Å². The minimum atomic E-state index is -1.06. The second kappa shape index (κ2) is 9.93. The largest absolute Gasteiger partial charge is 0.481 e. The number of halogens is 1. The lowest BCUT2D eigenvalue weighted by atomic mass is 9.71. The summed E-state index contributed by atoms with van der Waals surface area (Å²) in [5.74, 6) is -0.359. The second-order valence-corrected chi connectivity index (χ2v) is 9.36. The number of nitrogens with zero attached hydrogens (tertiary/aromatic N) is 3. The van der Waals surface area contributed by atoms with Gasteiger partial charge in [0.25, 0.3) is 0 Å². The van der Waals surface area contributed by atoms with Gasteiger partial charge in [0.15, 0.2) is 5.82 Å². The molecule has 0 radical (unpaired) electrons. The summed E-state index contributed by atoms with van der Waals surface area (Å²) >= 11 is 0. The molecule has 0 spiro atoms. The molecule has 1 aliphatic rings. The van der Waals surface area contributed by atoms with E-state index in [0.29, 0.717) is 31.0 Å². The van der Waals surface area contributed by atoms with Crippen LogP contribution in [0.2, 0.25) is 0 Å². The molecule has 3 aromatic rings. The second-order valence-electron chi connectivity index (χ2n) is 9.36. The summed E-state index contributed by atoms with van der Waals surface area (Å²) in [5.41, 5.74) is 2.48. The third kappa shape index (κ3) is 5.12. The van der Waals surface area contributed by atoms with Crippen molar-refractivity contribution in [3.63, 3.8) is 0 Å². The number of benzene rings is 1. The third-order valence-corrected chi connectivity index (χ3v) is 6.97. The van der Waals surface area contributed by atoms with Crippen LogP contribution < -0.4 is 5.32 Å². The Bertz CT molecular complexity index is 1160. The minimum Gasteiger partial charge on any atom is -0.481 e. The first kappa shape index (κ1) is 23.9. The topological polar surface area (TPSA) is 94.1 Å². The Balaban J connectivity index is 1.54. The third-order valence-electron chi connectivity index (χ3n) is 6.97. The fourth-order valence-corrected chi connectivity index (χ4v) is 4.88. The molecule has 1 fully saturated rings. The number of piperidine rings is 1. The Morgan fingerprint density at radius 2 is 2.06 bits per heavy atom. The van der Waals surface area contributed by atoms with E-state index < -0.39 is 17.2 Å². The minimum absolute atomic E-state index is 0.0536. The number of aromatic amines is 1. The number of aliphatic carboxylic acids is 1. The molecular weight excluding hydrogens is 433 g/mol. The summed E-state index contributed by atoms with van der Waals surface area (Å²) in [4.78, 5) is 19.3. The number of pyridine rings is 1. The van der Waals surface area contributed by atoms with E-state index in [-0.39, 0.29) is 18.2 Å². The number of rotatable bonds is 8. The molecule has 7 nitrogen and oxygen atoms in total. The molecule has 0 amide bonds. The van der Waals surface area contributed by atoms with Crippen LogP contribution in [0.25, 0.3) is 0 Å². The molecule has 2 aromatic heterocycles. The molecule has 8 heteroatoms. The highest BCUT2D eigenvalue weighted by atomic mass is 19.1. The lowest BCUT2D eigenvalue weighted by molar-refractivity contribution is -0.154. The van der Waals surface area contributed by atoms with Crippen molar-refractivity contribution in [2.24, 2.45) is 5.41 Å². The van der Waals surface area contributed by atoms with Crippen molar-refractivity contribution < 1.29 is 14.3 Å². The van der Waals surface area contributed by atoms with Crippen LogP contribution in [-0.2, 0) is 17.8 Å². The van der Waals surface area contributed by atoms with Crippen molar-refractivity contribution in [2.75, 3.05) is 11.9 Å². The van der Waals surface area contributed by atoms with Crippen molar-refractivity contribution in [3.8, 4) is 0 Å². The van der Waals surface area contributed by atoms with Crippen molar-refractivity contribution in [1.82, 2.24) is 20.1 Å². The Labute approximate surface area is 199 Å². The molecule has 1 aliphatic heterocycles. The van der Waals surface area contributed by atoms with Crippen molar-refractivity contribution in [3.05, 3.63) is 70.8 Å². The Morgan fingerprint density at radius 1 is 1.26 bits per heavy atom. The van der Waals surface area contributed by atoms with E-state index in [1.165, 1.54) is 23.3 Å². The molecule has 4 rings (SSSR count). The number of hydrogen-bond acceptors (Lipinski definition) is 5. The van der Waals surface area contributed by atoms with Gasteiger partial charge in [-0.1, -0.05) is 31.2 Å². The van der Waals surface area contributed by atoms with Gasteiger partial charge in [0.2, 0.25) is 0 Å². The Hall–Kier alpha value is -3.26. The number of hydrogen-bond donors (Lipinski definition) is 3. The van der Waals surface area contributed by atoms with E-state index >= 15 is 0 Å². The molecule has 0 saturated carbocycles. The molecule has 180 valence electrons. The molecule has 0 bridgehead atoms. The summed E-state index contributed by atoms with van der Waals surface area (Å²) in [6.45, 7) is 7.50. The summed E-state index contributed by atoms with van der Waals surface area (Å²) in [6.07, 6.45) is 1.79. The van der Waals surface area contributed by atoms with E-state index in [0.717, 1.165) is 18.7 Å². The number of carboxylic acids is 1. The molecule has 0 aliphatic carbocycles. The molecule has 1 aromatic carbocycles. The van der Waals surface area contributed by atoms with Gasteiger partial charge in [0.05, 0.1) is 11.1 Å². The van der Waals surface area contributed by atoms with E-state index in [2.05, 4.69) is 51.4 Å². The van der Waals surface area contributed by atoms with Crippen LogP contribution in [0.5, 0.6) is 0 Å². The fourth-order valence-electron chi connectivity index (χ4n) is 4.88. The Morgan fingerprint density at radius 3 is 2.74 bits per heavy atom. The predicted octanol–water partition coefficient (Wildman–Crippen LogP) is 4.99. The van der Waals surface area contributed by atoms with Crippen LogP contribution >= 0.6 is 0 Å². The number of aromatic nitrogens is 3. The number of nitrogens with one attached hydrogen (secondary N) is 2. The first-order chi connectivity index (χ1) is 16.3. The van der Waals surface area contributed by atoms with E-state index in [1.807, 2.05) is 25.1 Å². The molecule has 34 heavy (non-hydrogen) atoms. The normalized spacial score (nSPS) is 20.9. The molecule has 3 heterocycles. The van der Waals surface area contributed by atoms with Gasteiger partial charge in [-0.3, -0.25) is 14.8 Å². The average Bonchev–Trinajstić information content (AvgIpc) is 3.22. The van der Waals surface area contributed by atoms with Gasteiger partial charge in [-0.2, -0.15) is 5.10 Å². The zero-order chi connectivity index (χ0) is 24.3. The monoisotopic (exact) mass is 465 g/mol. The van der Waals surface area contributed by atoms with Crippen LogP contribution in [0.15, 0.2) is 42.5 Å². The fraction of sp³-hybridized carbons (Fsp3) is 0.423. The first-order valence-corrected chi connectivity index (χ1v) is 11.8. The van der Waals surface area contributed by atoms with Crippen LogP contribution in [-0.4, -0.2) is 43.7 Å².